The molecule has 2 aromatic carbocycles. The van der Waals surface area contributed by atoms with Crippen LogP contribution >= 0.6 is 0 Å². The van der Waals surface area contributed by atoms with E-state index in [4.69, 9.17) is 4.98 Å². The van der Waals surface area contributed by atoms with Crippen molar-refractivity contribution in [1.82, 2.24) is 19.9 Å². The Labute approximate surface area is 205 Å². The van der Waals surface area contributed by atoms with Crippen LogP contribution in [0.5, 0.6) is 0 Å². The zero-order valence-corrected chi connectivity index (χ0v) is 19.8. The molecule has 3 heterocycles. The Hall–Kier alpha value is -3.45. The Balaban J connectivity index is 1.23. The van der Waals surface area contributed by atoms with Crippen LogP contribution in [0, 0.1) is 11.7 Å². The fourth-order valence-electron chi connectivity index (χ4n) is 4.90. The predicted octanol–water partition coefficient (Wildman–Crippen LogP) is 5.44. The van der Waals surface area contributed by atoms with Gasteiger partial charge in [0.1, 0.15) is 17.5 Å². The van der Waals surface area contributed by atoms with E-state index in [1.54, 1.807) is 6.07 Å². The molecule has 1 aliphatic carbocycles. The molecule has 35 heavy (non-hydrogen) atoms. The lowest BCUT2D eigenvalue weighted by Crippen LogP contribution is -2.31. The van der Waals surface area contributed by atoms with Crippen molar-refractivity contribution in [1.29, 1.82) is 0 Å². The van der Waals surface area contributed by atoms with Gasteiger partial charge in [0.05, 0.1) is 6.20 Å². The quantitative estimate of drug-likeness (QED) is 0.320. The highest BCUT2D eigenvalue weighted by molar-refractivity contribution is 5.64. The van der Waals surface area contributed by atoms with Gasteiger partial charge in [-0.25, -0.2) is 9.37 Å². The Bertz CT molecular complexity index is 1310. The van der Waals surface area contributed by atoms with Crippen molar-refractivity contribution in [2.45, 2.75) is 38.1 Å². The molecule has 0 bridgehead atoms. The minimum absolute atomic E-state index is 0.215. The number of rotatable bonds is 8. The van der Waals surface area contributed by atoms with E-state index in [-0.39, 0.29) is 5.82 Å². The van der Waals surface area contributed by atoms with Gasteiger partial charge >= 0.3 is 0 Å². The van der Waals surface area contributed by atoms with E-state index < -0.39 is 0 Å². The first-order valence-corrected chi connectivity index (χ1v) is 12.7. The van der Waals surface area contributed by atoms with Gasteiger partial charge < -0.3 is 16.0 Å². The van der Waals surface area contributed by atoms with Gasteiger partial charge in [0.2, 0.25) is 0 Å². The fraction of sp³-hybridized carbons (Fsp3) is 0.357. The van der Waals surface area contributed by atoms with Crippen molar-refractivity contribution in [3.05, 3.63) is 77.7 Å². The molecular formula is C28H31FN6. The summed E-state index contributed by atoms with van der Waals surface area (Å²) in [5.74, 6) is 2.65. The van der Waals surface area contributed by atoms with Crippen LogP contribution in [0.4, 0.5) is 16.0 Å². The lowest BCUT2D eigenvalue weighted by atomic mass is 9.98. The van der Waals surface area contributed by atoms with Crippen LogP contribution in [0.3, 0.4) is 0 Å². The molecule has 6 rings (SSSR count). The maximum absolute atomic E-state index is 15.0. The molecule has 1 aliphatic heterocycles. The molecule has 2 aromatic heterocycles. The number of hydrogen-bond donors (Lipinski definition) is 3. The van der Waals surface area contributed by atoms with Crippen LogP contribution in [0.1, 0.15) is 42.7 Å². The second kappa shape index (κ2) is 9.66. The van der Waals surface area contributed by atoms with Crippen molar-refractivity contribution >= 4 is 17.3 Å². The minimum Gasteiger partial charge on any atom is -0.370 e. The fourth-order valence-corrected chi connectivity index (χ4v) is 4.90. The van der Waals surface area contributed by atoms with Crippen molar-refractivity contribution in [3.63, 3.8) is 0 Å². The minimum atomic E-state index is -0.215. The first-order valence-electron chi connectivity index (χ1n) is 12.7. The molecule has 0 atom stereocenters. The topological polar surface area (TPSA) is 66.3 Å². The summed E-state index contributed by atoms with van der Waals surface area (Å²) in [6, 6.07) is 17.3. The third-order valence-corrected chi connectivity index (χ3v) is 7.17. The third kappa shape index (κ3) is 4.86. The normalized spacial score (nSPS) is 16.5. The Morgan fingerprint density at radius 1 is 0.943 bits per heavy atom. The number of anilines is 2. The second-order valence-electron chi connectivity index (χ2n) is 9.74. The number of hydrogen-bond acceptors (Lipinski definition) is 5. The number of nitrogens with one attached hydrogen (secondary N) is 3. The van der Waals surface area contributed by atoms with Gasteiger partial charge in [-0.2, -0.15) is 9.61 Å². The summed E-state index contributed by atoms with van der Waals surface area (Å²) in [5.41, 5.74) is 4.61. The van der Waals surface area contributed by atoms with Crippen LogP contribution in [-0.2, 0) is 6.54 Å². The van der Waals surface area contributed by atoms with Crippen LogP contribution in [-0.4, -0.2) is 34.2 Å². The highest BCUT2D eigenvalue weighted by atomic mass is 19.1. The molecule has 180 valence electrons. The molecule has 1 saturated carbocycles. The first kappa shape index (κ1) is 22.0. The first-order chi connectivity index (χ1) is 17.2. The summed E-state index contributed by atoms with van der Waals surface area (Å²) < 4.78 is 16.8. The van der Waals surface area contributed by atoms with Gasteiger partial charge in [0.25, 0.3) is 0 Å². The van der Waals surface area contributed by atoms with E-state index >= 15 is 0 Å². The summed E-state index contributed by atoms with van der Waals surface area (Å²) in [6.07, 6.45) is 6.68. The average Bonchev–Trinajstić information content (AvgIpc) is 3.66. The number of aromatic nitrogens is 3. The largest absolute Gasteiger partial charge is 0.370 e. The predicted molar refractivity (Wildman–Crippen MR) is 138 cm³/mol. The van der Waals surface area contributed by atoms with E-state index in [9.17, 15) is 4.39 Å². The van der Waals surface area contributed by atoms with Crippen molar-refractivity contribution in [2.75, 3.05) is 30.3 Å². The molecule has 0 spiro atoms. The SMILES string of the molecule is Fc1cc(-c2ccccc2)ccc1CNc1cc(NCC2CCNCC2)nc2c(C3CC3)cnn12. The van der Waals surface area contributed by atoms with E-state index in [0.29, 0.717) is 23.9 Å². The van der Waals surface area contributed by atoms with Gasteiger partial charge in [-0.15, -0.1) is 0 Å². The number of halogens is 1. The summed E-state index contributed by atoms with van der Waals surface area (Å²) in [5, 5.41) is 15.0. The smallest absolute Gasteiger partial charge is 0.163 e. The Kier molecular flexibility index (Phi) is 6.08. The average molecular weight is 471 g/mol. The van der Waals surface area contributed by atoms with E-state index in [2.05, 4.69) is 21.0 Å². The molecule has 1 saturated heterocycles. The molecule has 2 fully saturated rings. The summed E-state index contributed by atoms with van der Waals surface area (Å²) in [4.78, 5) is 4.92. The number of nitrogens with zero attached hydrogens (tertiary/aromatic N) is 3. The molecule has 3 N–H and O–H groups in total. The zero-order valence-electron chi connectivity index (χ0n) is 19.8. The Morgan fingerprint density at radius 2 is 1.77 bits per heavy atom. The van der Waals surface area contributed by atoms with Crippen LogP contribution < -0.4 is 16.0 Å². The van der Waals surface area contributed by atoms with Gasteiger partial charge in [-0.3, -0.25) is 0 Å². The van der Waals surface area contributed by atoms with Gasteiger partial charge in [0.15, 0.2) is 5.65 Å². The van der Waals surface area contributed by atoms with Crippen molar-refractivity contribution in [2.24, 2.45) is 5.92 Å². The monoisotopic (exact) mass is 470 g/mol. The maximum atomic E-state index is 15.0. The molecule has 2 aliphatic rings. The van der Waals surface area contributed by atoms with Gasteiger partial charge in [-0.05, 0) is 67.8 Å². The third-order valence-electron chi connectivity index (χ3n) is 7.17. The highest BCUT2D eigenvalue weighted by Crippen LogP contribution is 2.42. The van der Waals surface area contributed by atoms with E-state index in [0.717, 1.165) is 48.0 Å². The standard InChI is InChI=1S/C28H31FN6/c29-25-14-22(20-4-2-1-3-5-20)8-9-23(25)17-32-27-15-26(31-16-19-10-12-30-13-11-19)34-28-24(21-6-7-21)18-33-35(27)28/h1-5,8-9,14-15,18-19,21,30,32H,6-7,10-13,16-17H2,(H,31,34). The molecule has 0 unspecified atom stereocenters. The van der Waals surface area contributed by atoms with Crippen LogP contribution in [0.25, 0.3) is 16.8 Å². The number of benzene rings is 2. The van der Waals surface area contributed by atoms with Crippen LogP contribution in [0.15, 0.2) is 60.8 Å². The molecule has 6 nitrogen and oxygen atoms in total. The molecule has 4 aromatic rings. The lowest BCUT2D eigenvalue weighted by Gasteiger charge is -2.23. The summed E-state index contributed by atoms with van der Waals surface area (Å²) in [6.45, 7) is 3.43. The highest BCUT2D eigenvalue weighted by Gasteiger charge is 2.28. The number of piperidine rings is 1. The molecule has 0 amide bonds. The van der Waals surface area contributed by atoms with Gasteiger partial charge in [0, 0.05) is 30.3 Å². The molecule has 0 radical (unpaired) electrons. The van der Waals surface area contributed by atoms with E-state index in [1.165, 1.54) is 31.2 Å². The maximum Gasteiger partial charge on any atom is 0.163 e. The van der Waals surface area contributed by atoms with Crippen LogP contribution in [0.2, 0.25) is 0 Å². The summed E-state index contributed by atoms with van der Waals surface area (Å²) in [7, 11) is 0. The summed E-state index contributed by atoms with van der Waals surface area (Å²) >= 11 is 0. The molecule has 7 heteroatoms. The van der Waals surface area contributed by atoms with Crippen molar-refractivity contribution in [3.8, 4) is 11.1 Å². The van der Waals surface area contributed by atoms with Crippen molar-refractivity contribution < 1.29 is 4.39 Å². The number of fused-ring (bicyclic) bond motifs is 1. The zero-order chi connectivity index (χ0) is 23.6. The second-order valence-corrected chi connectivity index (χ2v) is 9.74. The Morgan fingerprint density at radius 3 is 2.54 bits per heavy atom. The lowest BCUT2D eigenvalue weighted by molar-refractivity contribution is 0.389. The molecular weight excluding hydrogens is 439 g/mol. The van der Waals surface area contributed by atoms with E-state index in [1.807, 2.05) is 59.2 Å². The van der Waals surface area contributed by atoms with Gasteiger partial charge in [-0.1, -0.05) is 42.5 Å².